The van der Waals surface area contributed by atoms with Crippen LogP contribution < -0.4 is 0 Å². The van der Waals surface area contributed by atoms with E-state index in [1.54, 1.807) is 0 Å². The monoisotopic (exact) mass is 219 g/mol. The van der Waals surface area contributed by atoms with Crippen LogP contribution in [0.1, 0.15) is 31.9 Å². The maximum Gasteiger partial charge on any atom is 0.0917 e. The van der Waals surface area contributed by atoms with Crippen LogP contribution in [0.25, 0.3) is 0 Å². The molecule has 1 aromatic rings. The van der Waals surface area contributed by atoms with E-state index in [1.807, 2.05) is 30.3 Å². The number of rotatable bonds is 3. The summed E-state index contributed by atoms with van der Waals surface area (Å²) in [5.74, 6) is 0.762. The van der Waals surface area contributed by atoms with Gasteiger partial charge in [0.1, 0.15) is 0 Å². The Bertz CT molecular complexity index is 325. The second kappa shape index (κ2) is 4.98. The molecule has 0 spiro atoms. The van der Waals surface area contributed by atoms with Gasteiger partial charge in [-0.15, -0.1) is 0 Å². The first-order valence-electron chi connectivity index (χ1n) is 6.14. The first-order chi connectivity index (χ1) is 7.66. The van der Waals surface area contributed by atoms with Gasteiger partial charge < -0.3 is 5.11 Å². The highest BCUT2D eigenvalue weighted by Gasteiger charge is 2.27. The van der Waals surface area contributed by atoms with Crippen LogP contribution in [-0.2, 0) is 0 Å². The van der Waals surface area contributed by atoms with Crippen molar-refractivity contribution in [2.45, 2.75) is 32.4 Å². The maximum absolute atomic E-state index is 10.1. The van der Waals surface area contributed by atoms with Gasteiger partial charge in [-0.1, -0.05) is 37.3 Å². The Morgan fingerprint density at radius 1 is 1.31 bits per heavy atom. The summed E-state index contributed by atoms with van der Waals surface area (Å²) in [6, 6.07) is 10.5. The molecule has 1 saturated heterocycles. The zero-order chi connectivity index (χ0) is 11.5. The molecule has 1 aliphatic heterocycles. The van der Waals surface area contributed by atoms with Gasteiger partial charge in [0.2, 0.25) is 0 Å². The highest BCUT2D eigenvalue weighted by molar-refractivity contribution is 5.17. The summed E-state index contributed by atoms with van der Waals surface area (Å²) in [6.45, 7) is 6.41. The molecule has 16 heavy (non-hydrogen) atoms. The molecule has 3 unspecified atom stereocenters. The average Bonchev–Trinajstić information content (AvgIpc) is 2.59. The number of aliphatic hydroxyl groups excluding tert-OH is 1. The summed E-state index contributed by atoms with van der Waals surface area (Å²) in [6.07, 6.45) is 0.899. The Hall–Kier alpha value is -0.860. The van der Waals surface area contributed by atoms with Crippen molar-refractivity contribution in [1.29, 1.82) is 0 Å². The van der Waals surface area contributed by atoms with Crippen molar-refractivity contribution in [3.8, 4) is 0 Å². The SMILES string of the molecule is CC1CC(C)N(CC(O)c2ccccc2)C1. The third-order valence-electron chi connectivity index (χ3n) is 3.50. The molecule has 1 aromatic carbocycles. The van der Waals surface area contributed by atoms with E-state index in [9.17, 15) is 5.11 Å². The lowest BCUT2D eigenvalue weighted by atomic mass is 10.1. The van der Waals surface area contributed by atoms with Gasteiger partial charge in [0, 0.05) is 19.1 Å². The largest absolute Gasteiger partial charge is 0.387 e. The number of nitrogens with zero attached hydrogens (tertiary/aromatic N) is 1. The first-order valence-corrected chi connectivity index (χ1v) is 6.14. The number of likely N-dealkylation sites (tertiary alicyclic amines) is 1. The molecule has 2 rings (SSSR count). The minimum Gasteiger partial charge on any atom is -0.387 e. The molecule has 0 amide bonds. The Morgan fingerprint density at radius 3 is 2.56 bits per heavy atom. The molecule has 0 saturated carbocycles. The van der Waals surface area contributed by atoms with Crippen LogP contribution in [0.5, 0.6) is 0 Å². The van der Waals surface area contributed by atoms with Gasteiger partial charge in [-0.3, -0.25) is 4.90 Å². The van der Waals surface area contributed by atoms with Crippen molar-refractivity contribution in [1.82, 2.24) is 4.90 Å². The number of aliphatic hydroxyl groups is 1. The van der Waals surface area contributed by atoms with Crippen molar-refractivity contribution in [2.75, 3.05) is 13.1 Å². The quantitative estimate of drug-likeness (QED) is 0.844. The molecule has 0 bridgehead atoms. The molecule has 2 nitrogen and oxygen atoms in total. The predicted octanol–water partition coefficient (Wildman–Crippen LogP) is 2.45. The Balaban J connectivity index is 1.95. The molecule has 88 valence electrons. The second-order valence-electron chi connectivity index (χ2n) is 5.07. The van der Waals surface area contributed by atoms with E-state index >= 15 is 0 Å². The smallest absolute Gasteiger partial charge is 0.0917 e. The first kappa shape index (κ1) is 11.6. The summed E-state index contributed by atoms with van der Waals surface area (Å²) < 4.78 is 0. The number of hydrogen-bond donors (Lipinski definition) is 1. The molecule has 1 fully saturated rings. The molecule has 1 N–H and O–H groups in total. The van der Waals surface area contributed by atoms with E-state index in [0.29, 0.717) is 6.04 Å². The van der Waals surface area contributed by atoms with Crippen LogP contribution in [-0.4, -0.2) is 29.1 Å². The van der Waals surface area contributed by atoms with Gasteiger partial charge in [-0.05, 0) is 24.8 Å². The lowest BCUT2D eigenvalue weighted by molar-refractivity contribution is 0.109. The molecule has 0 aromatic heterocycles. The van der Waals surface area contributed by atoms with E-state index in [0.717, 1.165) is 24.6 Å². The lowest BCUT2D eigenvalue weighted by Gasteiger charge is -2.24. The molecule has 2 heteroatoms. The number of β-amino-alcohol motifs (C(OH)–C–C–N with tert-alkyl or cyclic N) is 1. The number of hydrogen-bond acceptors (Lipinski definition) is 2. The standard InChI is InChI=1S/C14H21NO/c1-11-8-12(2)15(9-11)10-14(16)13-6-4-3-5-7-13/h3-7,11-12,14,16H,8-10H2,1-2H3. The molecular weight excluding hydrogens is 198 g/mol. The maximum atomic E-state index is 10.1. The minimum absolute atomic E-state index is 0.353. The molecular formula is C14H21NO. The van der Waals surface area contributed by atoms with Gasteiger partial charge in [0.25, 0.3) is 0 Å². The van der Waals surface area contributed by atoms with Crippen LogP contribution in [0.15, 0.2) is 30.3 Å². The van der Waals surface area contributed by atoms with Crippen LogP contribution in [0.2, 0.25) is 0 Å². The van der Waals surface area contributed by atoms with Gasteiger partial charge >= 0.3 is 0 Å². The van der Waals surface area contributed by atoms with Crippen molar-refractivity contribution >= 4 is 0 Å². The Labute approximate surface area is 97.9 Å². The van der Waals surface area contributed by atoms with E-state index in [1.165, 1.54) is 6.42 Å². The lowest BCUT2D eigenvalue weighted by Crippen LogP contribution is -2.31. The third-order valence-corrected chi connectivity index (χ3v) is 3.50. The second-order valence-corrected chi connectivity index (χ2v) is 5.07. The average molecular weight is 219 g/mol. The van der Waals surface area contributed by atoms with Gasteiger partial charge in [0.05, 0.1) is 6.10 Å². The Kier molecular flexibility index (Phi) is 3.62. The zero-order valence-electron chi connectivity index (χ0n) is 10.1. The highest BCUT2D eigenvalue weighted by atomic mass is 16.3. The predicted molar refractivity (Wildman–Crippen MR) is 66.2 cm³/mol. The summed E-state index contributed by atoms with van der Waals surface area (Å²) >= 11 is 0. The number of benzene rings is 1. The van der Waals surface area contributed by atoms with Gasteiger partial charge in [0.15, 0.2) is 0 Å². The summed E-state index contributed by atoms with van der Waals surface area (Å²) in [5.41, 5.74) is 1.02. The molecule has 3 atom stereocenters. The van der Waals surface area contributed by atoms with E-state index in [-0.39, 0.29) is 6.10 Å². The van der Waals surface area contributed by atoms with Crippen molar-refractivity contribution in [3.05, 3.63) is 35.9 Å². The van der Waals surface area contributed by atoms with Crippen molar-refractivity contribution in [2.24, 2.45) is 5.92 Å². The zero-order valence-corrected chi connectivity index (χ0v) is 10.1. The molecule has 0 radical (unpaired) electrons. The van der Waals surface area contributed by atoms with E-state index < -0.39 is 0 Å². The fourth-order valence-electron chi connectivity index (χ4n) is 2.64. The third kappa shape index (κ3) is 2.63. The van der Waals surface area contributed by atoms with Crippen molar-refractivity contribution < 1.29 is 5.11 Å². The van der Waals surface area contributed by atoms with Crippen LogP contribution in [0.3, 0.4) is 0 Å². The van der Waals surface area contributed by atoms with Gasteiger partial charge in [-0.25, -0.2) is 0 Å². The summed E-state index contributed by atoms with van der Waals surface area (Å²) in [4.78, 5) is 2.39. The highest BCUT2D eigenvalue weighted by Crippen LogP contribution is 2.25. The summed E-state index contributed by atoms with van der Waals surface area (Å²) in [7, 11) is 0. The van der Waals surface area contributed by atoms with Crippen molar-refractivity contribution in [3.63, 3.8) is 0 Å². The van der Waals surface area contributed by atoms with Crippen LogP contribution in [0, 0.1) is 5.92 Å². The topological polar surface area (TPSA) is 23.5 Å². The van der Waals surface area contributed by atoms with Gasteiger partial charge in [-0.2, -0.15) is 0 Å². The Morgan fingerprint density at radius 2 is 2.00 bits per heavy atom. The minimum atomic E-state index is -0.353. The molecule has 1 heterocycles. The fraction of sp³-hybridized carbons (Fsp3) is 0.571. The molecule has 1 aliphatic rings. The normalized spacial score (nSPS) is 28.2. The van der Waals surface area contributed by atoms with Crippen LogP contribution >= 0.6 is 0 Å². The van der Waals surface area contributed by atoms with Crippen LogP contribution in [0.4, 0.5) is 0 Å². The van der Waals surface area contributed by atoms with E-state index in [2.05, 4.69) is 18.7 Å². The molecule has 0 aliphatic carbocycles. The van der Waals surface area contributed by atoms with E-state index in [4.69, 9.17) is 0 Å². The summed E-state index contributed by atoms with van der Waals surface area (Å²) in [5, 5.41) is 10.1. The fourth-order valence-corrected chi connectivity index (χ4v) is 2.64.